The summed E-state index contributed by atoms with van der Waals surface area (Å²) in [6, 6.07) is 2.87. The molecule has 1 amide bonds. The molecule has 1 saturated heterocycles. The molecule has 0 saturated carbocycles. The Kier molecular flexibility index (Phi) is 4.31. The van der Waals surface area contributed by atoms with Crippen LogP contribution in [0.3, 0.4) is 0 Å². The first-order chi connectivity index (χ1) is 9.51. The molecular weight excluding hydrogens is 264 g/mol. The molecule has 2 rings (SSSR count). The summed E-state index contributed by atoms with van der Waals surface area (Å²) in [6.07, 6.45) is 0.0445. The van der Waals surface area contributed by atoms with E-state index in [1.165, 1.54) is 30.3 Å². The zero-order valence-corrected chi connectivity index (χ0v) is 11.0. The van der Waals surface area contributed by atoms with Gasteiger partial charge in [0.1, 0.15) is 5.69 Å². The third-order valence-electron chi connectivity index (χ3n) is 3.10. The number of likely N-dealkylation sites (tertiary alicyclic amines) is 1. The van der Waals surface area contributed by atoms with Gasteiger partial charge in [0.2, 0.25) is 0 Å². The molecule has 2 heterocycles. The largest absolute Gasteiger partial charge is 0.465 e. The molecule has 1 aliphatic rings. The second-order valence-electron chi connectivity index (χ2n) is 4.68. The van der Waals surface area contributed by atoms with Crippen LogP contribution in [-0.2, 0) is 4.74 Å². The maximum Gasteiger partial charge on any atom is 0.339 e. The molecule has 0 radical (unpaired) electrons. The van der Waals surface area contributed by atoms with E-state index in [2.05, 4.69) is 9.72 Å². The van der Waals surface area contributed by atoms with E-state index in [-0.39, 0.29) is 36.7 Å². The van der Waals surface area contributed by atoms with Gasteiger partial charge in [0, 0.05) is 25.7 Å². The van der Waals surface area contributed by atoms with Gasteiger partial charge in [-0.15, -0.1) is 0 Å². The van der Waals surface area contributed by atoms with Crippen LogP contribution in [0.5, 0.6) is 0 Å². The van der Waals surface area contributed by atoms with E-state index in [4.69, 9.17) is 0 Å². The fourth-order valence-corrected chi connectivity index (χ4v) is 2.13. The molecule has 0 bridgehead atoms. The Bertz CT molecular complexity index is 492. The number of hydrogen-bond donors (Lipinski definition) is 2. The number of nitrogens with zero attached hydrogens (tertiary/aromatic N) is 2. The predicted octanol–water partition coefficient (Wildman–Crippen LogP) is -0.564. The number of carbonyl (C=O) groups is 2. The summed E-state index contributed by atoms with van der Waals surface area (Å²) in [5.41, 5.74) is 0.404. The SMILES string of the molecule is COC(=O)c1ccc(C(=O)N2C[C@H](O)C[C@@H](O)C2)nc1. The predicted molar refractivity (Wildman–Crippen MR) is 68.1 cm³/mol. The van der Waals surface area contributed by atoms with E-state index in [9.17, 15) is 19.8 Å². The minimum atomic E-state index is -0.739. The van der Waals surface area contributed by atoms with E-state index in [1.54, 1.807) is 0 Å². The van der Waals surface area contributed by atoms with Crippen LogP contribution in [-0.4, -0.2) is 64.4 Å². The number of methoxy groups -OCH3 is 1. The second-order valence-corrected chi connectivity index (χ2v) is 4.68. The molecule has 2 N–H and O–H groups in total. The van der Waals surface area contributed by atoms with Gasteiger partial charge in [-0.1, -0.05) is 0 Å². The highest BCUT2D eigenvalue weighted by Crippen LogP contribution is 2.14. The molecule has 1 fully saturated rings. The number of amides is 1. The van der Waals surface area contributed by atoms with Gasteiger partial charge in [-0.2, -0.15) is 0 Å². The van der Waals surface area contributed by atoms with Gasteiger partial charge in [-0.3, -0.25) is 9.78 Å². The highest BCUT2D eigenvalue weighted by Gasteiger charge is 2.28. The van der Waals surface area contributed by atoms with Gasteiger partial charge < -0.3 is 19.8 Å². The van der Waals surface area contributed by atoms with Crippen molar-refractivity contribution in [3.63, 3.8) is 0 Å². The Morgan fingerprint density at radius 1 is 1.30 bits per heavy atom. The number of pyridine rings is 1. The third kappa shape index (κ3) is 3.12. The smallest absolute Gasteiger partial charge is 0.339 e. The Balaban J connectivity index is 2.11. The summed E-state index contributed by atoms with van der Waals surface area (Å²) in [7, 11) is 1.26. The van der Waals surface area contributed by atoms with Crippen molar-refractivity contribution in [3.8, 4) is 0 Å². The van der Waals surface area contributed by atoms with Crippen molar-refractivity contribution in [2.75, 3.05) is 20.2 Å². The van der Waals surface area contributed by atoms with E-state index >= 15 is 0 Å². The number of ether oxygens (including phenoxy) is 1. The molecule has 0 aliphatic carbocycles. The quantitative estimate of drug-likeness (QED) is 0.704. The number of hydrogen-bond acceptors (Lipinski definition) is 6. The highest BCUT2D eigenvalue weighted by molar-refractivity contribution is 5.94. The van der Waals surface area contributed by atoms with Crippen LogP contribution < -0.4 is 0 Å². The first-order valence-corrected chi connectivity index (χ1v) is 6.21. The average molecular weight is 280 g/mol. The van der Waals surface area contributed by atoms with Crippen molar-refractivity contribution in [1.29, 1.82) is 0 Å². The number of β-amino-alcohol motifs (C(OH)–C–C–N with tert-alkyl or cyclic N) is 2. The Morgan fingerprint density at radius 3 is 2.45 bits per heavy atom. The van der Waals surface area contributed by atoms with Crippen LogP contribution in [0.25, 0.3) is 0 Å². The van der Waals surface area contributed by atoms with Crippen LogP contribution in [0.15, 0.2) is 18.3 Å². The van der Waals surface area contributed by atoms with Crippen LogP contribution >= 0.6 is 0 Å². The second kappa shape index (κ2) is 5.98. The maximum absolute atomic E-state index is 12.2. The van der Waals surface area contributed by atoms with Gasteiger partial charge in [0.05, 0.1) is 24.9 Å². The lowest BCUT2D eigenvalue weighted by atomic mass is 10.1. The molecule has 1 aromatic rings. The number of aliphatic hydroxyl groups excluding tert-OH is 2. The number of aromatic nitrogens is 1. The topological polar surface area (TPSA) is 100.0 Å². The number of esters is 1. The Morgan fingerprint density at radius 2 is 1.95 bits per heavy atom. The summed E-state index contributed by atoms with van der Waals surface area (Å²) in [5.74, 6) is -0.917. The van der Waals surface area contributed by atoms with E-state index < -0.39 is 18.2 Å². The van der Waals surface area contributed by atoms with Crippen LogP contribution in [0.2, 0.25) is 0 Å². The zero-order chi connectivity index (χ0) is 14.7. The fourth-order valence-electron chi connectivity index (χ4n) is 2.13. The molecule has 1 aromatic heterocycles. The van der Waals surface area contributed by atoms with Crippen molar-refractivity contribution in [2.24, 2.45) is 0 Å². The first-order valence-electron chi connectivity index (χ1n) is 6.21. The number of piperidine rings is 1. The third-order valence-corrected chi connectivity index (χ3v) is 3.10. The Hall–Kier alpha value is -1.99. The average Bonchev–Trinajstić information content (AvgIpc) is 2.45. The lowest BCUT2D eigenvalue weighted by Crippen LogP contribution is -2.48. The molecule has 20 heavy (non-hydrogen) atoms. The van der Waals surface area contributed by atoms with Gasteiger partial charge in [-0.25, -0.2) is 4.79 Å². The summed E-state index contributed by atoms with van der Waals surface area (Å²) in [5, 5.41) is 19.1. The molecule has 7 nitrogen and oxygen atoms in total. The van der Waals surface area contributed by atoms with Crippen molar-refractivity contribution in [1.82, 2.24) is 9.88 Å². The normalized spacial score (nSPS) is 22.4. The van der Waals surface area contributed by atoms with Crippen molar-refractivity contribution >= 4 is 11.9 Å². The molecule has 108 valence electrons. The number of carbonyl (C=O) groups excluding carboxylic acids is 2. The van der Waals surface area contributed by atoms with E-state index in [1.807, 2.05) is 0 Å². The highest BCUT2D eigenvalue weighted by atomic mass is 16.5. The van der Waals surface area contributed by atoms with Crippen LogP contribution in [0, 0.1) is 0 Å². The van der Waals surface area contributed by atoms with E-state index in [0.29, 0.717) is 0 Å². The molecule has 0 spiro atoms. The first kappa shape index (κ1) is 14.4. The minimum Gasteiger partial charge on any atom is -0.465 e. The molecule has 2 atom stereocenters. The van der Waals surface area contributed by atoms with Gasteiger partial charge in [-0.05, 0) is 12.1 Å². The van der Waals surface area contributed by atoms with Gasteiger partial charge >= 0.3 is 5.97 Å². The number of aliphatic hydroxyl groups is 2. The Labute approximate surface area is 115 Å². The number of rotatable bonds is 2. The molecule has 1 aliphatic heterocycles. The van der Waals surface area contributed by atoms with Gasteiger partial charge in [0.25, 0.3) is 5.91 Å². The van der Waals surface area contributed by atoms with Crippen molar-refractivity contribution in [2.45, 2.75) is 18.6 Å². The molecule has 7 heteroatoms. The van der Waals surface area contributed by atoms with Crippen molar-refractivity contribution < 1.29 is 24.5 Å². The van der Waals surface area contributed by atoms with Crippen molar-refractivity contribution in [3.05, 3.63) is 29.6 Å². The summed E-state index contributed by atoms with van der Waals surface area (Å²) >= 11 is 0. The molecule has 0 unspecified atom stereocenters. The summed E-state index contributed by atoms with van der Waals surface area (Å²) in [4.78, 5) is 28.7. The standard InChI is InChI=1S/C13H16N2O5/c1-20-13(19)8-2-3-11(14-5-8)12(18)15-6-9(16)4-10(17)7-15/h2-3,5,9-10,16-17H,4,6-7H2,1H3/t9-,10-/m1/s1. The van der Waals surface area contributed by atoms with E-state index in [0.717, 1.165) is 0 Å². The summed E-state index contributed by atoms with van der Waals surface area (Å²) < 4.78 is 4.54. The maximum atomic E-state index is 12.2. The van der Waals surface area contributed by atoms with Crippen LogP contribution in [0.1, 0.15) is 27.3 Å². The monoisotopic (exact) mass is 280 g/mol. The lowest BCUT2D eigenvalue weighted by Gasteiger charge is -2.33. The lowest BCUT2D eigenvalue weighted by molar-refractivity contribution is -0.00408. The molecule has 0 aromatic carbocycles. The van der Waals surface area contributed by atoms with Gasteiger partial charge in [0.15, 0.2) is 0 Å². The minimum absolute atomic E-state index is 0.152. The summed E-state index contributed by atoms with van der Waals surface area (Å²) in [6.45, 7) is 0.326. The van der Waals surface area contributed by atoms with Crippen LogP contribution in [0.4, 0.5) is 0 Å². The molecular formula is C13H16N2O5. The fraction of sp³-hybridized carbons (Fsp3) is 0.462. The zero-order valence-electron chi connectivity index (χ0n) is 11.0.